The Balaban J connectivity index is 2.21. The summed E-state index contributed by atoms with van der Waals surface area (Å²) in [7, 11) is 0. The first-order chi connectivity index (χ1) is 9.10. The average molecular weight is 291 g/mol. The minimum absolute atomic E-state index is 0.311. The second-order valence-electron chi connectivity index (χ2n) is 3.77. The molecule has 0 bridgehead atoms. The van der Waals surface area contributed by atoms with E-state index in [4.69, 9.17) is 28.5 Å². The van der Waals surface area contributed by atoms with E-state index in [1.54, 1.807) is 42.5 Å². The van der Waals surface area contributed by atoms with Crippen molar-refractivity contribution in [2.75, 3.05) is 5.32 Å². The van der Waals surface area contributed by atoms with Crippen LogP contribution in [0.3, 0.4) is 0 Å². The van der Waals surface area contributed by atoms with E-state index in [0.29, 0.717) is 26.9 Å². The molecule has 0 spiro atoms. The smallest absolute Gasteiger partial charge is 0.255 e. The Morgan fingerprint density at radius 1 is 1.11 bits per heavy atom. The van der Waals surface area contributed by atoms with Gasteiger partial charge in [0, 0.05) is 10.6 Å². The largest absolute Gasteiger partial charge is 0.321 e. The first-order valence-corrected chi connectivity index (χ1v) is 6.12. The molecule has 0 aliphatic heterocycles. The van der Waals surface area contributed by atoms with Crippen LogP contribution in [0.5, 0.6) is 0 Å². The Hall–Kier alpha value is -2.02. The minimum atomic E-state index is -0.311. The van der Waals surface area contributed by atoms with Gasteiger partial charge in [0.15, 0.2) is 0 Å². The van der Waals surface area contributed by atoms with Crippen LogP contribution in [0.4, 0.5) is 5.69 Å². The summed E-state index contributed by atoms with van der Waals surface area (Å²) in [6.45, 7) is 0. The molecule has 1 amide bonds. The summed E-state index contributed by atoms with van der Waals surface area (Å²) in [6.07, 6.45) is 0. The molecule has 0 heterocycles. The third-order valence-corrected chi connectivity index (χ3v) is 3.02. The summed E-state index contributed by atoms with van der Waals surface area (Å²) >= 11 is 11.8. The third-order valence-electron chi connectivity index (χ3n) is 2.45. The molecule has 0 saturated heterocycles. The van der Waals surface area contributed by atoms with Gasteiger partial charge in [-0.25, -0.2) is 0 Å². The van der Waals surface area contributed by atoms with Gasteiger partial charge in [0.05, 0.1) is 22.3 Å². The summed E-state index contributed by atoms with van der Waals surface area (Å²) in [6, 6.07) is 13.1. The van der Waals surface area contributed by atoms with Crippen LogP contribution in [0.1, 0.15) is 15.9 Å². The predicted octanol–water partition coefficient (Wildman–Crippen LogP) is 4.12. The number of nitrogens with zero attached hydrogens (tertiary/aromatic N) is 1. The number of halogens is 2. The molecule has 94 valence electrons. The van der Waals surface area contributed by atoms with E-state index in [-0.39, 0.29) is 5.91 Å². The Morgan fingerprint density at radius 2 is 1.79 bits per heavy atom. The van der Waals surface area contributed by atoms with Crippen LogP contribution in [0.25, 0.3) is 0 Å². The number of amides is 1. The molecular weight excluding hydrogens is 283 g/mol. The van der Waals surface area contributed by atoms with Crippen LogP contribution < -0.4 is 5.32 Å². The van der Waals surface area contributed by atoms with Crippen LogP contribution in [-0.4, -0.2) is 5.91 Å². The van der Waals surface area contributed by atoms with E-state index >= 15 is 0 Å². The Morgan fingerprint density at radius 3 is 2.42 bits per heavy atom. The molecule has 5 heteroatoms. The topological polar surface area (TPSA) is 52.9 Å². The third kappa shape index (κ3) is 3.25. The first kappa shape index (κ1) is 13.4. The highest BCUT2D eigenvalue weighted by atomic mass is 35.5. The second kappa shape index (κ2) is 5.75. The quantitative estimate of drug-likeness (QED) is 0.905. The van der Waals surface area contributed by atoms with Crippen LogP contribution in [0.2, 0.25) is 10.0 Å². The van der Waals surface area contributed by atoms with Crippen LogP contribution >= 0.6 is 23.2 Å². The molecule has 2 aromatic carbocycles. The lowest BCUT2D eigenvalue weighted by molar-refractivity contribution is 0.102. The van der Waals surface area contributed by atoms with E-state index in [1.165, 1.54) is 0 Å². The van der Waals surface area contributed by atoms with E-state index in [2.05, 4.69) is 5.32 Å². The molecule has 2 aromatic rings. The molecule has 0 aromatic heterocycles. The fourth-order valence-corrected chi connectivity index (χ4v) is 1.82. The molecule has 0 saturated carbocycles. The number of nitriles is 1. The van der Waals surface area contributed by atoms with Gasteiger partial charge < -0.3 is 5.32 Å². The normalized spacial score (nSPS) is 9.74. The minimum Gasteiger partial charge on any atom is -0.321 e. The number of benzene rings is 2. The Kier molecular flexibility index (Phi) is 4.06. The summed E-state index contributed by atoms with van der Waals surface area (Å²) in [5.41, 5.74) is 1.39. The van der Waals surface area contributed by atoms with Crippen molar-refractivity contribution in [3.63, 3.8) is 0 Å². The highest BCUT2D eigenvalue weighted by molar-refractivity contribution is 6.35. The van der Waals surface area contributed by atoms with Gasteiger partial charge in [0.1, 0.15) is 0 Å². The molecule has 0 atom stereocenters. The molecule has 1 N–H and O–H groups in total. The highest BCUT2D eigenvalue weighted by Gasteiger charge is 2.09. The van der Waals surface area contributed by atoms with E-state index in [9.17, 15) is 4.79 Å². The first-order valence-electron chi connectivity index (χ1n) is 5.37. The molecule has 0 unspecified atom stereocenters. The lowest BCUT2D eigenvalue weighted by atomic mass is 10.1. The molecule has 3 nitrogen and oxygen atoms in total. The van der Waals surface area contributed by atoms with Crippen LogP contribution in [-0.2, 0) is 0 Å². The zero-order chi connectivity index (χ0) is 13.8. The van der Waals surface area contributed by atoms with Gasteiger partial charge >= 0.3 is 0 Å². The monoisotopic (exact) mass is 290 g/mol. The maximum atomic E-state index is 12.0. The molecule has 0 radical (unpaired) electrons. The summed E-state index contributed by atoms with van der Waals surface area (Å²) < 4.78 is 0. The van der Waals surface area contributed by atoms with Gasteiger partial charge in [-0.15, -0.1) is 0 Å². The number of anilines is 1. The predicted molar refractivity (Wildman–Crippen MR) is 75.6 cm³/mol. The van der Waals surface area contributed by atoms with Crippen LogP contribution in [0.15, 0.2) is 42.5 Å². The summed E-state index contributed by atoms with van der Waals surface area (Å²) in [5, 5.41) is 12.2. The molecule has 0 aliphatic rings. The van der Waals surface area contributed by atoms with Gasteiger partial charge in [0.25, 0.3) is 5.91 Å². The fourth-order valence-electron chi connectivity index (χ4n) is 1.48. The maximum Gasteiger partial charge on any atom is 0.255 e. The second-order valence-corrected chi connectivity index (χ2v) is 4.61. The number of hydrogen-bond acceptors (Lipinski definition) is 2. The number of carbonyl (C=O) groups is 1. The number of carbonyl (C=O) groups excluding carboxylic acids is 1. The van der Waals surface area contributed by atoms with Crippen molar-refractivity contribution >= 4 is 34.8 Å². The SMILES string of the molecule is N#Cc1ccc(C(=O)Nc2cc(Cl)ccc2Cl)cc1. The van der Waals surface area contributed by atoms with Gasteiger partial charge in [-0.3, -0.25) is 4.79 Å². The molecule has 2 rings (SSSR count). The number of rotatable bonds is 2. The molecular formula is C14H8Cl2N2O. The average Bonchev–Trinajstić information content (AvgIpc) is 2.43. The lowest BCUT2D eigenvalue weighted by Crippen LogP contribution is -2.12. The Bertz CT molecular complexity index is 660. The number of nitrogens with one attached hydrogen (secondary N) is 1. The van der Waals surface area contributed by atoms with E-state index < -0.39 is 0 Å². The summed E-state index contributed by atoms with van der Waals surface area (Å²) in [4.78, 5) is 12.0. The maximum absolute atomic E-state index is 12.0. The zero-order valence-corrected chi connectivity index (χ0v) is 11.2. The fraction of sp³-hybridized carbons (Fsp3) is 0. The van der Waals surface area contributed by atoms with Gasteiger partial charge in [-0.1, -0.05) is 23.2 Å². The molecule has 19 heavy (non-hydrogen) atoms. The number of hydrogen-bond donors (Lipinski definition) is 1. The van der Waals surface area contributed by atoms with Gasteiger partial charge in [0.2, 0.25) is 0 Å². The van der Waals surface area contributed by atoms with Crippen molar-refractivity contribution in [3.05, 3.63) is 63.6 Å². The molecule has 0 fully saturated rings. The van der Waals surface area contributed by atoms with Crippen molar-refractivity contribution in [2.24, 2.45) is 0 Å². The van der Waals surface area contributed by atoms with Crippen LogP contribution in [0, 0.1) is 11.3 Å². The van der Waals surface area contributed by atoms with Crippen molar-refractivity contribution in [3.8, 4) is 6.07 Å². The van der Waals surface area contributed by atoms with Crippen molar-refractivity contribution < 1.29 is 4.79 Å². The summed E-state index contributed by atoms with van der Waals surface area (Å²) in [5.74, 6) is -0.311. The van der Waals surface area contributed by atoms with Gasteiger partial charge in [-0.2, -0.15) is 5.26 Å². The van der Waals surface area contributed by atoms with E-state index in [1.807, 2.05) is 6.07 Å². The molecule has 0 aliphatic carbocycles. The Labute approximate surface area is 120 Å². The lowest BCUT2D eigenvalue weighted by Gasteiger charge is -2.07. The standard InChI is InChI=1S/C14H8Cl2N2O/c15-11-5-6-12(16)13(7-11)18-14(19)10-3-1-9(8-17)2-4-10/h1-7H,(H,18,19). The van der Waals surface area contributed by atoms with Crippen molar-refractivity contribution in [1.82, 2.24) is 0 Å². The van der Waals surface area contributed by atoms with Crippen molar-refractivity contribution in [1.29, 1.82) is 5.26 Å². The van der Waals surface area contributed by atoms with Crippen molar-refractivity contribution in [2.45, 2.75) is 0 Å². The highest BCUT2D eigenvalue weighted by Crippen LogP contribution is 2.25. The van der Waals surface area contributed by atoms with Gasteiger partial charge in [-0.05, 0) is 42.5 Å². The zero-order valence-electron chi connectivity index (χ0n) is 9.65. The van der Waals surface area contributed by atoms with E-state index in [0.717, 1.165) is 0 Å².